The molecular formula is C21H31Cl2FN4O4Si. The summed E-state index contributed by atoms with van der Waals surface area (Å²) in [6.45, 7) is 12.8. The van der Waals surface area contributed by atoms with Gasteiger partial charge < -0.3 is 23.7 Å². The van der Waals surface area contributed by atoms with Gasteiger partial charge in [0.15, 0.2) is 17.9 Å². The minimum absolute atomic E-state index is 0.0112. The molecule has 2 atom stereocenters. The number of rotatable bonds is 7. The Morgan fingerprint density at radius 1 is 1.24 bits per heavy atom. The van der Waals surface area contributed by atoms with Gasteiger partial charge in [-0.2, -0.15) is 9.97 Å². The fourth-order valence-corrected chi connectivity index (χ4v) is 4.47. The summed E-state index contributed by atoms with van der Waals surface area (Å²) in [4.78, 5) is 22.0. The monoisotopic (exact) mass is 520 g/mol. The number of hydrogen-bond donors (Lipinski definition) is 0. The summed E-state index contributed by atoms with van der Waals surface area (Å²) in [5.41, 5.74) is -0.248. The minimum atomic E-state index is -1.42. The number of halogens is 3. The molecule has 8 nitrogen and oxygen atoms in total. The average Bonchev–Trinajstić information content (AvgIpc) is 3.17. The van der Waals surface area contributed by atoms with Crippen molar-refractivity contribution in [3.8, 4) is 5.88 Å². The van der Waals surface area contributed by atoms with Crippen molar-refractivity contribution in [3.05, 3.63) is 16.5 Å². The maximum Gasteiger partial charge on any atom is 0.410 e. The summed E-state index contributed by atoms with van der Waals surface area (Å²) < 4.78 is 33.4. The number of ether oxygens (including phenoxy) is 3. The zero-order valence-electron chi connectivity index (χ0n) is 19.8. The van der Waals surface area contributed by atoms with E-state index in [0.29, 0.717) is 22.7 Å². The van der Waals surface area contributed by atoms with Crippen LogP contribution in [0.5, 0.6) is 5.88 Å². The van der Waals surface area contributed by atoms with Crippen molar-refractivity contribution < 1.29 is 23.4 Å². The zero-order valence-corrected chi connectivity index (χ0v) is 22.3. The summed E-state index contributed by atoms with van der Waals surface area (Å²) in [6.07, 6.45) is -1.30. The standard InChI is InChI=1S/C21H31Cl2FN4O4Si/c1-21(2,3)32-20(29)27-10-14(24)15(11-27)31-18-16-13(22)9-28(17(16)25-19(23)26-18)12-30-7-8-33(4,5)6/h9,14-15H,7-8,10-12H2,1-6H3/t14-,15+/m1/s1. The van der Waals surface area contributed by atoms with Crippen molar-refractivity contribution in [3.63, 3.8) is 0 Å². The molecule has 0 aliphatic carbocycles. The highest BCUT2D eigenvalue weighted by atomic mass is 35.5. The van der Waals surface area contributed by atoms with Gasteiger partial charge in [-0.15, -0.1) is 0 Å². The molecule has 0 spiro atoms. The van der Waals surface area contributed by atoms with E-state index in [9.17, 15) is 9.18 Å². The van der Waals surface area contributed by atoms with Crippen LogP contribution in [0.15, 0.2) is 6.20 Å². The number of aromatic nitrogens is 3. The molecule has 0 saturated carbocycles. The van der Waals surface area contributed by atoms with Gasteiger partial charge in [0.05, 0.1) is 23.5 Å². The lowest BCUT2D eigenvalue weighted by Gasteiger charge is -2.24. The van der Waals surface area contributed by atoms with Crippen LogP contribution < -0.4 is 4.74 Å². The van der Waals surface area contributed by atoms with Crippen molar-refractivity contribution in [2.45, 2.75) is 71.1 Å². The maximum atomic E-state index is 14.7. The molecule has 0 bridgehead atoms. The van der Waals surface area contributed by atoms with Crippen LogP contribution in [0, 0.1) is 0 Å². The third kappa shape index (κ3) is 6.94. The topological polar surface area (TPSA) is 78.7 Å². The summed E-state index contributed by atoms with van der Waals surface area (Å²) in [6, 6.07) is 1.03. The molecule has 3 heterocycles. The highest BCUT2D eigenvalue weighted by molar-refractivity contribution is 6.76. The van der Waals surface area contributed by atoms with E-state index in [1.807, 2.05) is 0 Å². The number of amides is 1. The van der Waals surface area contributed by atoms with Crippen molar-refractivity contribution in [1.29, 1.82) is 0 Å². The first-order chi connectivity index (χ1) is 15.2. The van der Waals surface area contributed by atoms with Crippen molar-refractivity contribution in [2.75, 3.05) is 19.7 Å². The van der Waals surface area contributed by atoms with Crippen LogP contribution in [0.4, 0.5) is 9.18 Å². The highest BCUT2D eigenvalue weighted by Crippen LogP contribution is 2.34. The van der Waals surface area contributed by atoms with Crippen molar-refractivity contribution in [1.82, 2.24) is 19.4 Å². The van der Waals surface area contributed by atoms with Gasteiger partial charge >= 0.3 is 6.09 Å². The second-order valence-corrected chi connectivity index (χ2v) is 16.7. The molecule has 0 unspecified atom stereocenters. The average molecular weight is 521 g/mol. The molecule has 184 valence electrons. The summed E-state index contributed by atoms with van der Waals surface area (Å²) >= 11 is 12.6. The lowest BCUT2D eigenvalue weighted by atomic mass is 10.2. The smallest absolute Gasteiger partial charge is 0.410 e. The van der Waals surface area contributed by atoms with Gasteiger partial charge in [-0.05, 0) is 38.4 Å². The Hall–Kier alpha value is -1.62. The molecule has 1 fully saturated rings. The number of carbonyl (C=O) groups excluding carboxylic acids is 1. The second kappa shape index (κ2) is 9.93. The number of hydrogen-bond acceptors (Lipinski definition) is 6. The Morgan fingerprint density at radius 2 is 1.94 bits per heavy atom. The largest absolute Gasteiger partial charge is 0.469 e. The first kappa shape index (κ1) is 26.0. The molecule has 33 heavy (non-hydrogen) atoms. The van der Waals surface area contributed by atoms with Crippen LogP contribution in [0.25, 0.3) is 11.0 Å². The van der Waals surface area contributed by atoms with Crippen LogP contribution in [-0.4, -0.2) is 71.2 Å². The predicted molar refractivity (Wildman–Crippen MR) is 129 cm³/mol. The number of alkyl halides is 1. The van der Waals surface area contributed by atoms with Gasteiger partial charge in [-0.1, -0.05) is 31.2 Å². The van der Waals surface area contributed by atoms with Gasteiger partial charge in [-0.25, -0.2) is 9.18 Å². The lowest BCUT2D eigenvalue weighted by Crippen LogP contribution is -2.36. The molecule has 0 N–H and O–H groups in total. The molecule has 0 radical (unpaired) electrons. The van der Waals surface area contributed by atoms with E-state index in [4.69, 9.17) is 37.4 Å². The molecule has 3 rings (SSSR count). The van der Waals surface area contributed by atoms with E-state index in [-0.39, 0.29) is 31.0 Å². The number of fused-ring (bicyclic) bond motifs is 1. The maximum absolute atomic E-state index is 14.7. The number of likely N-dealkylation sites (tertiary alicyclic amines) is 1. The van der Waals surface area contributed by atoms with Crippen molar-refractivity contribution in [2.24, 2.45) is 0 Å². The van der Waals surface area contributed by atoms with Gasteiger partial charge in [0.2, 0.25) is 11.2 Å². The summed E-state index contributed by atoms with van der Waals surface area (Å²) in [5, 5.41) is 0.689. The Bertz CT molecular complexity index is 1010. The molecule has 0 aromatic carbocycles. The van der Waals surface area contributed by atoms with Crippen LogP contribution >= 0.6 is 23.2 Å². The highest BCUT2D eigenvalue weighted by Gasteiger charge is 2.39. The summed E-state index contributed by atoms with van der Waals surface area (Å²) in [7, 11) is -1.22. The zero-order chi connectivity index (χ0) is 24.6. The Morgan fingerprint density at radius 3 is 2.58 bits per heavy atom. The third-order valence-corrected chi connectivity index (χ3v) is 7.11. The molecule has 2 aromatic rings. The molecule has 2 aromatic heterocycles. The normalized spacial score (nSPS) is 19.4. The van der Waals surface area contributed by atoms with Crippen LogP contribution in [0.2, 0.25) is 36.0 Å². The predicted octanol–water partition coefficient (Wildman–Crippen LogP) is 5.39. The molecule has 1 aliphatic heterocycles. The Kier molecular flexibility index (Phi) is 7.82. The third-order valence-electron chi connectivity index (χ3n) is 4.95. The Labute approximate surface area is 204 Å². The van der Waals surface area contributed by atoms with E-state index < -0.39 is 32.0 Å². The molecule has 1 aliphatic rings. The molecule has 1 saturated heterocycles. The second-order valence-electron chi connectivity index (χ2n) is 10.3. The quantitative estimate of drug-likeness (QED) is 0.276. The van der Waals surface area contributed by atoms with Crippen LogP contribution in [0.1, 0.15) is 20.8 Å². The SMILES string of the molecule is CC(C)(C)OC(=O)N1C[C@@H](F)[C@@H](Oc2nc(Cl)nc3c2c(Cl)cn3COCC[Si](C)(C)C)C1. The number of nitrogens with zero attached hydrogens (tertiary/aromatic N) is 4. The van der Waals surface area contributed by atoms with Crippen LogP contribution in [-0.2, 0) is 16.2 Å². The van der Waals surface area contributed by atoms with E-state index >= 15 is 0 Å². The van der Waals surface area contributed by atoms with Gasteiger partial charge in [-0.3, -0.25) is 0 Å². The summed E-state index contributed by atoms with van der Waals surface area (Å²) in [5.74, 6) is 0.0644. The van der Waals surface area contributed by atoms with Gasteiger partial charge in [0.1, 0.15) is 12.3 Å². The molecule has 1 amide bonds. The van der Waals surface area contributed by atoms with Gasteiger partial charge in [0.25, 0.3) is 0 Å². The fraction of sp³-hybridized carbons (Fsp3) is 0.667. The van der Waals surface area contributed by atoms with Crippen LogP contribution in [0.3, 0.4) is 0 Å². The van der Waals surface area contributed by atoms with Crippen molar-refractivity contribution >= 4 is 48.4 Å². The van der Waals surface area contributed by atoms with Gasteiger partial charge in [0, 0.05) is 20.9 Å². The van der Waals surface area contributed by atoms with E-state index in [0.717, 1.165) is 6.04 Å². The lowest BCUT2D eigenvalue weighted by molar-refractivity contribution is 0.0273. The Balaban J connectivity index is 1.76. The number of carbonyl (C=O) groups is 1. The first-order valence-electron chi connectivity index (χ1n) is 10.8. The molecular weight excluding hydrogens is 490 g/mol. The fourth-order valence-electron chi connectivity index (χ4n) is 3.27. The molecule has 12 heteroatoms. The van der Waals surface area contributed by atoms with E-state index in [1.165, 1.54) is 4.90 Å². The van der Waals surface area contributed by atoms with E-state index in [2.05, 4.69) is 29.6 Å². The first-order valence-corrected chi connectivity index (χ1v) is 15.3. The van der Waals surface area contributed by atoms with E-state index in [1.54, 1.807) is 31.5 Å². The minimum Gasteiger partial charge on any atom is -0.469 e.